The SMILES string of the molecule is CC(=O)Oc1cc(CCC(C)C)n2ncnc2c1C(N)=O. The van der Waals surface area contributed by atoms with Crippen LogP contribution in [0.3, 0.4) is 0 Å². The van der Waals surface area contributed by atoms with Crippen molar-refractivity contribution in [3.8, 4) is 5.75 Å². The monoisotopic (exact) mass is 290 g/mol. The van der Waals surface area contributed by atoms with Crippen LogP contribution < -0.4 is 10.5 Å². The average molecular weight is 290 g/mol. The summed E-state index contributed by atoms with van der Waals surface area (Å²) in [5.41, 5.74) is 6.56. The fraction of sp³-hybridized carbons (Fsp3) is 0.429. The van der Waals surface area contributed by atoms with E-state index in [9.17, 15) is 9.59 Å². The summed E-state index contributed by atoms with van der Waals surface area (Å²) < 4.78 is 6.68. The summed E-state index contributed by atoms with van der Waals surface area (Å²) in [5, 5.41) is 4.12. The molecule has 0 atom stereocenters. The van der Waals surface area contributed by atoms with Gasteiger partial charge >= 0.3 is 5.97 Å². The van der Waals surface area contributed by atoms with Gasteiger partial charge < -0.3 is 10.5 Å². The molecule has 0 spiro atoms. The van der Waals surface area contributed by atoms with E-state index in [1.165, 1.54) is 13.3 Å². The van der Waals surface area contributed by atoms with Crippen molar-refractivity contribution in [1.82, 2.24) is 14.6 Å². The highest BCUT2D eigenvalue weighted by Crippen LogP contribution is 2.25. The van der Waals surface area contributed by atoms with Gasteiger partial charge in [-0.05, 0) is 18.8 Å². The number of carbonyl (C=O) groups is 2. The smallest absolute Gasteiger partial charge is 0.308 e. The zero-order chi connectivity index (χ0) is 15.6. The van der Waals surface area contributed by atoms with Gasteiger partial charge in [0.05, 0.1) is 0 Å². The molecule has 2 aromatic heterocycles. The lowest BCUT2D eigenvalue weighted by Gasteiger charge is -2.12. The molecule has 2 heterocycles. The number of nitrogens with two attached hydrogens (primary N) is 1. The average Bonchev–Trinajstić information content (AvgIpc) is 2.83. The molecule has 7 heteroatoms. The van der Waals surface area contributed by atoms with Crippen LogP contribution in [-0.2, 0) is 11.2 Å². The highest BCUT2D eigenvalue weighted by Gasteiger charge is 2.20. The summed E-state index contributed by atoms with van der Waals surface area (Å²) in [6.45, 7) is 5.50. The molecule has 0 fully saturated rings. The van der Waals surface area contributed by atoms with Crippen molar-refractivity contribution >= 4 is 17.5 Å². The molecular weight excluding hydrogens is 272 g/mol. The number of aromatic nitrogens is 3. The van der Waals surface area contributed by atoms with Crippen molar-refractivity contribution in [3.63, 3.8) is 0 Å². The number of aryl methyl sites for hydroxylation is 1. The molecule has 2 rings (SSSR count). The maximum atomic E-state index is 11.6. The quantitative estimate of drug-likeness (QED) is 0.838. The zero-order valence-corrected chi connectivity index (χ0v) is 12.3. The predicted molar refractivity (Wildman–Crippen MR) is 76.0 cm³/mol. The van der Waals surface area contributed by atoms with Crippen LogP contribution in [0.4, 0.5) is 0 Å². The molecule has 0 saturated carbocycles. The molecule has 112 valence electrons. The van der Waals surface area contributed by atoms with Crippen molar-refractivity contribution in [2.75, 3.05) is 0 Å². The maximum Gasteiger partial charge on any atom is 0.308 e. The van der Waals surface area contributed by atoms with E-state index in [2.05, 4.69) is 23.9 Å². The molecule has 0 aliphatic rings. The van der Waals surface area contributed by atoms with Gasteiger partial charge in [-0.15, -0.1) is 0 Å². The van der Waals surface area contributed by atoms with Crippen molar-refractivity contribution in [1.29, 1.82) is 0 Å². The lowest BCUT2D eigenvalue weighted by molar-refractivity contribution is -0.131. The van der Waals surface area contributed by atoms with E-state index in [0.717, 1.165) is 18.5 Å². The van der Waals surface area contributed by atoms with E-state index in [-0.39, 0.29) is 11.3 Å². The molecule has 2 aromatic rings. The third kappa shape index (κ3) is 3.18. The Kier molecular flexibility index (Phi) is 4.21. The molecule has 7 nitrogen and oxygen atoms in total. The summed E-state index contributed by atoms with van der Waals surface area (Å²) in [5.74, 6) is -0.582. The van der Waals surface area contributed by atoms with E-state index in [1.54, 1.807) is 10.6 Å². The van der Waals surface area contributed by atoms with Crippen LogP contribution in [0.15, 0.2) is 12.4 Å². The number of nitrogens with zero attached hydrogens (tertiary/aromatic N) is 3. The molecule has 0 aromatic carbocycles. The van der Waals surface area contributed by atoms with Gasteiger partial charge in [-0.1, -0.05) is 13.8 Å². The Hall–Kier alpha value is -2.44. The standard InChI is InChI=1S/C14H18N4O3/c1-8(2)4-5-10-6-11(21-9(3)19)12(13(15)20)14-16-7-17-18(10)14/h6-8H,4-5H2,1-3H3,(H2,15,20). The highest BCUT2D eigenvalue weighted by molar-refractivity contribution is 6.02. The van der Waals surface area contributed by atoms with Crippen molar-refractivity contribution in [2.24, 2.45) is 11.7 Å². The summed E-state index contributed by atoms with van der Waals surface area (Å²) in [6, 6.07) is 1.63. The van der Waals surface area contributed by atoms with Crippen LogP contribution in [0.5, 0.6) is 5.75 Å². The Bertz CT molecular complexity index is 691. The van der Waals surface area contributed by atoms with Crippen LogP contribution in [-0.4, -0.2) is 26.5 Å². The number of amides is 1. The van der Waals surface area contributed by atoms with Gasteiger partial charge in [0.2, 0.25) is 0 Å². The molecule has 1 amide bonds. The third-order valence-electron chi connectivity index (χ3n) is 3.07. The van der Waals surface area contributed by atoms with Gasteiger partial charge in [0.25, 0.3) is 5.91 Å². The molecule has 0 unspecified atom stereocenters. The van der Waals surface area contributed by atoms with Crippen LogP contribution >= 0.6 is 0 Å². The third-order valence-corrected chi connectivity index (χ3v) is 3.07. The minimum atomic E-state index is -0.709. The molecule has 0 saturated heterocycles. The van der Waals surface area contributed by atoms with Gasteiger partial charge in [0, 0.05) is 18.7 Å². The Morgan fingerprint density at radius 3 is 2.71 bits per heavy atom. The van der Waals surface area contributed by atoms with E-state index < -0.39 is 11.9 Å². The first-order valence-corrected chi connectivity index (χ1v) is 6.74. The van der Waals surface area contributed by atoms with Crippen molar-refractivity contribution in [3.05, 3.63) is 23.7 Å². The number of primary amides is 1. The maximum absolute atomic E-state index is 11.6. The van der Waals surface area contributed by atoms with E-state index in [4.69, 9.17) is 10.5 Å². The summed E-state index contributed by atoms with van der Waals surface area (Å²) in [6.07, 6.45) is 3.01. The minimum Gasteiger partial charge on any atom is -0.426 e. The molecule has 21 heavy (non-hydrogen) atoms. The summed E-state index contributed by atoms with van der Waals surface area (Å²) in [4.78, 5) is 26.9. The van der Waals surface area contributed by atoms with Gasteiger partial charge in [0.1, 0.15) is 17.6 Å². The first-order valence-electron chi connectivity index (χ1n) is 6.74. The minimum absolute atomic E-state index is 0.0657. The van der Waals surface area contributed by atoms with Crippen LogP contribution in [0, 0.1) is 5.92 Å². The fourth-order valence-corrected chi connectivity index (χ4v) is 2.10. The van der Waals surface area contributed by atoms with Crippen LogP contribution in [0.2, 0.25) is 0 Å². The fourth-order valence-electron chi connectivity index (χ4n) is 2.10. The molecule has 0 aliphatic heterocycles. The second-order valence-corrected chi connectivity index (χ2v) is 5.26. The Morgan fingerprint density at radius 2 is 2.14 bits per heavy atom. The number of fused-ring (bicyclic) bond motifs is 1. The van der Waals surface area contributed by atoms with Crippen LogP contribution in [0.1, 0.15) is 43.2 Å². The first kappa shape index (κ1) is 15.0. The van der Waals surface area contributed by atoms with Gasteiger partial charge in [-0.3, -0.25) is 9.59 Å². The summed E-state index contributed by atoms with van der Waals surface area (Å²) >= 11 is 0. The van der Waals surface area contributed by atoms with Crippen molar-refractivity contribution in [2.45, 2.75) is 33.6 Å². The predicted octanol–water partition coefficient (Wildman–Crippen LogP) is 1.34. The van der Waals surface area contributed by atoms with Gasteiger partial charge in [-0.2, -0.15) is 5.10 Å². The molecule has 0 aliphatic carbocycles. The normalized spacial score (nSPS) is 11.0. The molecular formula is C14H18N4O3. The number of rotatable bonds is 5. The number of esters is 1. The lowest BCUT2D eigenvalue weighted by atomic mass is 10.1. The number of pyridine rings is 1. The van der Waals surface area contributed by atoms with E-state index in [0.29, 0.717) is 11.6 Å². The first-order chi connectivity index (χ1) is 9.90. The van der Waals surface area contributed by atoms with E-state index >= 15 is 0 Å². The number of ether oxygens (including phenoxy) is 1. The molecule has 0 bridgehead atoms. The Balaban J connectivity index is 2.59. The number of carbonyl (C=O) groups excluding carboxylic acids is 2. The van der Waals surface area contributed by atoms with Crippen LogP contribution in [0.25, 0.3) is 5.65 Å². The van der Waals surface area contributed by atoms with Gasteiger partial charge in [-0.25, -0.2) is 9.50 Å². The molecule has 2 N–H and O–H groups in total. The van der Waals surface area contributed by atoms with Gasteiger partial charge in [0.15, 0.2) is 5.65 Å². The molecule has 0 radical (unpaired) electrons. The lowest BCUT2D eigenvalue weighted by Crippen LogP contribution is -2.18. The second kappa shape index (κ2) is 5.90. The number of hydrogen-bond acceptors (Lipinski definition) is 5. The zero-order valence-electron chi connectivity index (χ0n) is 12.3. The number of hydrogen-bond donors (Lipinski definition) is 1. The largest absolute Gasteiger partial charge is 0.426 e. The Labute approximate surface area is 122 Å². The summed E-state index contributed by atoms with van der Waals surface area (Å²) in [7, 11) is 0. The van der Waals surface area contributed by atoms with Crippen molar-refractivity contribution < 1.29 is 14.3 Å². The second-order valence-electron chi connectivity index (χ2n) is 5.26. The Morgan fingerprint density at radius 1 is 1.43 bits per heavy atom. The van der Waals surface area contributed by atoms with E-state index in [1.807, 2.05) is 0 Å². The topological polar surface area (TPSA) is 99.6 Å². The highest BCUT2D eigenvalue weighted by atomic mass is 16.5.